The van der Waals surface area contributed by atoms with Crippen LogP contribution in [0, 0.1) is 6.92 Å². The summed E-state index contributed by atoms with van der Waals surface area (Å²) in [5.41, 5.74) is 2.27. The second kappa shape index (κ2) is 1.80. The van der Waals surface area contributed by atoms with Gasteiger partial charge in [0, 0.05) is 6.20 Å². The Morgan fingerprint density at radius 1 is 1.50 bits per heavy atom. The van der Waals surface area contributed by atoms with Gasteiger partial charge in [0.2, 0.25) is 0 Å². The van der Waals surface area contributed by atoms with Gasteiger partial charge in [0.05, 0.1) is 11.7 Å². The second-order valence-electron chi connectivity index (χ2n) is 2.26. The summed E-state index contributed by atoms with van der Waals surface area (Å²) in [6.07, 6.45) is 3.64. The van der Waals surface area contributed by atoms with Crippen LogP contribution in [0.1, 0.15) is 5.56 Å². The minimum atomic E-state index is 1.12. The van der Waals surface area contributed by atoms with Crippen molar-refractivity contribution >= 4 is 5.52 Å². The maximum absolute atomic E-state index is 3.87. The van der Waals surface area contributed by atoms with Crippen molar-refractivity contribution in [2.45, 2.75) is 6.92 Å². The van der Waals surface area contributed by atoms with Crippen LogP contribution < -0.4 is 0 Å². The molecule has 2 aromatic rings. The van der Waals surface area contributed by atoms with E-state index in [1.165, 1.54) is 0 Å². The standard InChI is InChI=1S/C7H7N3/c1-6-5-8-9-10-4-2-3-7(6)10/h2-5H,1H3. The number of fused-ring (bicyclic) bond motifs is 1. The summed E-state index contributed by atoms with van der Waals surface area (Å²) in [6, 6.07) is 3.97. The van der Waals surface area contributed by atoms with E-state index in [9.17, 15) is 0 Å². The van der Waals surface area contributed by atoms with E-state index in [0.717, 1.165) is 11.1 Å². The topological polar surface area (TPSA) is 30.2 Å². The minimum Gasteiger partial charge on any atom is -0.222 e. The van der Waals surface area contributed by atoms with Gasteiger partial charge in [-0.15, -0.1) is 5.10 Å². The van der Waals surface area contributed by atoms with Gasteiger partial charge in [-0.1, -0.05) is 5.21 Å². The normalized spacial score (nSPS) is 10.5. The van der Waals surface area contributed by atoms with Crippen molar-refractivity contribution < 1.29 is 0 Å². The Morgan fingerprint density at radius 3 is 3.20 bits per heavy atom. The third-order valence-corrected chi connectivity index (χ3v) is 1.53. The highest BCUT2D eigenvalue weighted by Crippen LogP contribution is 2.05. The first kappa shape index (κ1) is 5.41. The van der Waals surface area contributed by atoms with Crippen molar-refractivity contribution in [1.82, 2.24) is 14.8 Å². The van der Waals surface area contributed by atoms with Crippen LogP contribution in [0.2, 0.25) is 0 Å². The molecule has 0 bridgehead atoms. The molecule has 0 N–H and O–H groups in total. The fraction of sp³-hybridized carbons (Fsp3) is 0.143. The molecule has 0 atom stereocenters. The maximum atomic E-state index is 3.87. The van der Waals surface area contributed by atoms with E-state index in [0.29, 0.717) is 0 Å². The lowest BCUT2D eigenvalue weighted by Crippen LogP contribution is -1.93. The molecule has 0 aliphatic carbocycles. The van der Waals surface area contributed by atoms with E-state index in [2.05, 4.69) is 10.3 Å². The van der Waals surface area contributed by atoms with E-state index in [4.69, 9.17) is 0 Å². The average molecular weight is 133 g/mol. The summed E-state index contributed by atoms with van der Waals surface area (Å²) in [7, 11) is 0. The highest BCUT2D eigenvalue weighted by molar-refractivity contribution is 5.51. The van der Waals surface area contributed by atoms with Gasteiger partial charge < -0.3 is 0 Å². The van der Waals surface area contributed by atoms with Gasteiger partial charge in [0.15, 0.2) is 0 Å². The van der Waals surface area contributed by atoms with Gasteiger partial charge in [-0.05, 0) is 24.6 Å². The minimum absolute atomic E-state index is 1.12. The largest absolute Gasteiger partial charge is 0.222 e. The number of hydrogen-bond donors (Lipinski definition) is 0. The highest BCUT2D eigenvalue weighted by atomic mass is 15.4. The molecule has 0 saturated heterocycles. The zero-order chi connectivity index (χ0) is 6.97. The molecule has 0 amide bonds. The molecule has 0 spiro atoms. The van der Waals surface area contributed by atoms with E-state index < -0.39 is 0 Å². The predicted molar refractivity (Wildman–Crippen MR) is 37.7 cm³/mol. The van der Waals surface area contributed by atoms with Crippen LogP contribution in [0.4, 0.5) is 0 Å². The maximum Gasteiger partial charge on any atom is 0.0708 e. The highest BCUT2D eigenvalue weighted by Gasteiger charge is 1.94. The summed E-state index contributed by atoms with van der Waals surface area (Å²) in [5, 5.41) is 7.67. The summed E-state index contributed by atoms with van der Waals surface area (Å²) in [4.78, 5) is 0. The van der Waals surface area contributed by atoms with Gasteiger partial charge in [0.1, 0.15) is 0 Å². The van der Waals surface area contributed by atoms with E-state index in [1.54, 1.807) is 10.7 Å². The molecule has 2 aromatic heterocycles. The quantitative estimate of drug-likeness (QED) is 0.537. The van der Waals surface area contributed by atoms with Gasteiger partial charge in [0.25, 0.3) is 0 Å². The third-order valence-electron chi connectivity index (χ3n) is 1.53. The van der Waals surface area contributed by atoms with Crippen LogP contribution in [-0.2, 0) is 0 Å². The van der Waals surface area contributed by atoms with Crippen molar-refractivity contribution in [2.75, 3.05) is 0 Å². The molecule has 0 aromatic carbocycles. The molecule has 0 saturated carbocycles. The molecule has 2 rings (SSSR count). The Morgan fingerprint density at radius 2 is 2.40 bits per heavy atom. The fourth-order valence-electron chi connectivity index (χ4n) is 0.997. The molecular weight excluding hydrogens is 126 g/mol. The first-order chi connectivity index (χ1) is 4.88. The van der Waals surface area contributed by atoms with Crippen LogP contribution in [0.5, 0.6) is 0 Å². The monoisotopic (exact) mass is 133 g/mol. The van der Waals surface area contributed by atoms with E-state index in [1.807, 2.05) is 25.3 Å². The SMILES string of the molecule is Cc1cnnn2cccc12. The Kier molecular flexibility index (Phi) is 0.974. The predicted octanol–water partition coefficient (Wildman–Crippen LogP) is 1.04. The van der Waals surface area contributed by atoms with Crippen molar-refractivity contribution in [2.24, 2.45) is 0 Å². The molecule has 50 valence electrons. The van der Waals surface area contributed by atoms with Crippen molar-refractivity contribution in [3.63, 3.8) is 0 Å². The first-order valence-corrected chi connectivity index (χ1v) is 3.13. The average Bonchev–Trinajstić information content (AvgIpc) is 2.36. The van der Waals surface area contributed by atoms with Crippen molar-refractivity contribution in [3.05, 3.63) is 30.1 Å². The van der Waals surface area contributed by atoms with Crippen molar-refractivity contribution in [1.29, 1.82) is 0 Å². The molecule has 2 heterocycles. The summed E-state index contributed by atoms with van der Waals surface area (Å²) >= 11 is 0. The van der Waals surface area contributed by atoms with Gasteiger partial charge in [-0.3, -0.25) is 0 Å². The zero-order valence-corrected chi connectivity index (χ0v) is 5.65. The Bertz CT molecular complexity index is 350. The van der Waals surface area contributed by atoms with Crippen LogP contribution in [0.3, 0.4) is 0 Å². The summed E-state index contributed by atoms with van der Waals surface area (Å²) < 4.78 is 1.76. The molecule has 0 aliphatic heterocycles. The molecule has 10 heavy (non-hydrogen) atoms. The molecule has 3 heteroatoms. The van der Waals surface area contributed by atoms with E-state index in [-0.39, 0.29) is 0 Å². The smallest absolute Gasteiger partial charge is 0.0708 e. The Hall–Kier alpha value is -1.38. The lowest BCUT2D eigenvalue weighted by atomic mass is 10.3. The second-order valence-corrected chi connectivity index (χ2v) is 2.26. The Balaban J connectivity index is 2.95. The van der Waals surface area contributed by atoms with Crippen LogP contribution >= 0.6 is 0 Å². The van der Waals surface area contributed by atoms with Crippen molar-refractivity contribution in [3.8, 4) is 0 Å². The molecule has 0 fully saturated rings. The van der Waals surface area contributed by atoms with Gasteiger partial charge >= 0.3 is 0 Å². The lowest BCUT2D eigenvalue weighted by Gasteiger charge is -1.93. The van der Waals surface area contributed by atoms with Crippen LogP contribution in [-0.4, -0.2) is 14.8 Å². The number of nitrogens with zero attached hydrogens (tertiary/aromatic N) is 3. The Labute approximate surface area is 58.3 Å². The number of aromatic nitrogens is 3. The fourth-order valence-corrected chi connectivity index (χ4v) is 0.997. The van der Waals surface area contributed by atoms with Gasteiger partial charge in [-0.25, -0.2) is 4.52 Å². The molecule has 3 nitrogen and oxygen atoms in total. The van der Waals surface area contributed by atoms with E-state index >= 15 is 0 Å². The third kappa shape index (κ3) is 0.603. The number of rotatable bonds is 0. The summed E-state index contributed by atoms with van der Waals surface area (Å²) in [6.45, 7) is 2.02. The number of aryl methyl sites for hydroxylation is 1. The van der Waals surface area contributed by atoms with Crippen LogP contribution in [0.25, 0.3) is 5.52 Å². The zero-order valence-electron chi connectivity index (χ0n) is 5.65. The number of hydrogen-bond acceptors (Lipinski definition) is 2. The molecular formula is C7H7N3. The lowest BCUT2D eigenvalue weighted by molar-refractivity contribution is 0.803. The van der Waals surface area contributed by atoms with Crippen LogP contribution in [0.15, 0.2) is 24.5 Å². The molecule has 0 unspecified atom stereocenters. The molecule has 0 aliphatic rings. The van der Waals surface area contributed by atoms with Gasteiger partial charge in [-0.2, -0.15) is 0 Å². The first-order valence-electron chi connectivity index (χ1n) is 3.13. The summed E-state index contributed by atoms with van der Waals surface area (Å²) in [5.74, 6) is 0. The molecule has 0 radical (unpaired) electrons.